The van der Waals surface area contributed by atoms with Gasteiger partial charge in [0.05, 0.1) is 12.1 Å². The van der Waals surface area contributed by atoms with Crippen molar-refractivity contribution in [2.45, 2.75) is 64.5 Å². The smallest absolute Gasteiger partial charge is 0.191 e. The maximum absolute atomic E-state index is 10.6. The fourth-order valence-electron chi connectivity index (χ4n) is 2.71. The molecule has 1 fully saturated rings. The van der Waals surface area contributed by atoms with Crippen LogP contribution < -0.4 is 10.6 Å². The molecule has 1 aliphatic rings. The first-order valence-corrected chi connectivity index (χ1v) is 9.15. The van der Waals surface area contributed by atoms with Crippen LogP contribution in [0.25, 0.3) is 0 Å². The van der Waals surface area contributed by atoms with Gasteiger partial charge < -0.3 is 15.7 Å². The number of rotatable bonds is 6. The van der Waals surface area contributed by atoms with Crippen LogP contribution in [0.5, 0.6) is 0 Å². The summed E-state index contributed by atoms with van der Waals surface area (Å²) in [4.78, 5) is 10.3. The molecule has 0 aliphatic heterocycles. The van der Waals surface area contributed by atoms with Crippen LogP contribution >= 0.6 is 35.3 Å². The Morgan fingerprint density at radius 2 is 2.04 bits per heavy atom. The second-order valence-corrected chi connectivity index (χ2v) is 7.11. The topological polar surface area (TPSA) is 69.5 Å². The van der Waals surface area contributed by atoms with Crippen LogP contribution in [0.3, 0.4) is 0 Å². The quantitative estimate of drug-likeness (QED) is 0.353. The molecular formula is C16H29IN4OS. The number of nitrogens with zero attached hydrogens (tertiary/aromatic N) is 2. The first-order chi connectivity index (χ1) is 10.6. The highest BCUT2D eigenvalue weighted by atomic mass is 127. The van der Waals surface area contributed by atoms with Crippen molar-refractivity contribution in [2.75, 3.05) is 13.1 Å². The van der Waals surface area contributed by atoms with E-state index in [1.54, 1.807) is 11.3 Å². The fourth-order valence-corrected chi connectivity index (χ4v) is 3.49. The summed E-state index contributed by atoms with van der Waals surface area (Å²) in [7, 11) is 0. The van der Waals surface area contributed by atoms with E-state index in [2.05, 4.69) is 27.5 Å². The van der Waals surface area contributed by atoms with Crippen LogP contribution in [0.4, 0.5) is 0 Å². The SMILES string of the molecule is CCNC(=NCc1ncc(CC)s1)NCC1(O)CCCCC1.I. The molecular weight excluding hydrogens is 423 g/mol. The molecule has 1 aromatic rings. The lowest BCUT2D eigenvalue weighted by Crippen LogP contribution is -2.48. The summed E-state index contributed by atoms with van der Waals surface area (Å²) < 4.78 is 0. The van der Waals surface area contributed by atoms with Gasteiger partial charge in [-0.15, -0.1) is 35.3 Å². The van der Waals surface area contributed by atoms with Crippen LogP contribution in [0.2, 0.25) is 0 Å². The van der Waals surface area contributed by atoms with E-state index in [0.29, 0.717) is 13.1 Å². The highest BCUT2D eigenvalue weighted by Crippen LogP contribution is 2.27. The third kappa shape index (κ3) is 6.93. The number of aryl methyl sites for hydroxylation is 1. The Morgan fingerprint density at radius 1 is 1.30 bits per heavy atom. The minimum Gasteiger partial charge on any atom is -0.388 e. The number of nitrogens with one attached hydrogen (secondary N) is 2. The van der Waals surface area contributed by atoms with Gasteiger partial charge in [-0.3, -0.25) is 0 Å². The highest BCUT2D eigenvalue weighted by Gasteiger charge is 2.29. The molecule has 0 unspecified atom stereocenters. The number of hydrogen-bond acceptors (Lipinski definition) is 4. The molecule has 7 heteroatoms. The molecule has 1 aliphatic carbocycles. The van der Waals surface area contributed by atoms with E-state index < -0.39 is 5.60 Å². The molecule has 1 saturated carbocycles. The maximum Gasteiger partial charge on any atom is 0.191 e. The number of aromatic nitrogens is 1. The lowest BCUT2D eigenvalue weighted by atomic mass is 9.85. The summed E-state index contributed by atoms with van der Waals surface area (Å²) in [6.45, 7) is 6.14. The van der Waals surface area contributed by atoms with Crippen molar-refractivity contribution in [3.05, 3.63) is 16.1 Å². The van der Waals surface area contributed by atoms with Gasteiger partial charge in [0.2, 0.25) is 0 Å². The number of thiazole rings is 1. The third-order valence-electron chi connectivity index (χ3n) is 4.04. The minimum absolute atomic E-state index is 0. The predicted octanol–water partition coefficient (Wildman–Crippen LogP) is 3.07. The Bertz CT molecular complexity index is 486. The zero-order chi connectivity index (χ0) is 15.8. The summed E-state index contributed by atoms with van der Waals surface area (Å²) in [6, 6.07) is 0. The summed E-state index contributed by atoms with van der Waals surface area (Å²) in [5.74, 6) is 0.759. The Hall–Kier alpha value is -0.410. The fraction of sp³-hybridized carbons (Fsp3) is 0.750. The first kappa shape index (κ1) is 20.6. The lowest BCUT2D eigenvalue weighted by Gasteiger charge is -2.32. The van der Waals surface area contributed by atoms with Crippen molar-refractivity contribution in [3.8, 4) is 0 Å². The molecule has 0 spiro atoms. The zero-order valence-electron chi connectivity index (χ0n) is 14.1. The van der Waals surface area contributed by atoms with Gasteiger partial charge in [0, 0.05) is 24.2 Å². The summed E-state index contributed by atoms with van der Waals surface area (Å²) in [6.07, 6.45) is 8.18. The Kier molecular flexibility index (Phi) is 9.38. The molecule has 0 bridgehead atoms. The summed E-state index contributed by atoms with van der Waals surface area (Å²) in [5.41, 5.74) is -0.578. The van der Waals surface area contributed by atoms with E-state index >= 15 is 0 Å². The molecule has 0 amide bonds. The van der Waals surface area contributed by atoms with E-state index in [9.17, 15) is 5.11 Å². The Morgan fingerprint density at radius 3 is 2.65 bits per heavy atom. The zero-order valence-corrected chi connectivity index (χ0v) is 17.2. The van der Waals surface area contributed by atoms with Crippen LogP contribution in [0, 0.1) is 0 Å². The number of hydrogen-bond donors (Lipinski definition) is 3. The van der Waals surface area contributed by atoms with Gasteiger partial charge in [0.15, 0.2) is 5.96 Å². The summed E-state index contributed by atoms with van der Waals surface area (Å²) >= 11 is 1.72. The molecule has 0 aromatic carbocycles. The van der Waals surface area contributed by atoms with Crippen molar-refractivity contribution in [1.29, 1.82) is 0 Å². The van der Waals surface area contributed by atoms with Crippen molar-refractivity contribution >= 4 is 41.3 Å². The molecule has 1 aromatic heterocycles. The Labute approximate surface area is 160 Å². The van der Waals surface area contributed by atoms with Crippen LogP contribution in [0.15, 0.2) is 11.2 Å². The van der Waals surface area contributed by atoms with Crippen LogP contribution in [0.1, 0.15) is 55.8 Å². The average Bonchev–Trinajstić information content (AvgIpc) is 2.99. The maximum atomic E-state index is 10.6. The normalized spacial score (nSPS) is 17.4. The average molecular weight is 452 g/mol. The number of aliphatic hydroxyl groups is 1. The van der Waals surface area contributed by atoms with E-state index in [-0.39, 0.29) is 24.0 Å². The van der Waals surface area contributed by atoms with Crippen molar-refractivity contribution in [2.24, 2.45) is 4.99 Å². The van der Waals surface area contributed by atoms with E-state index in [1.807, 2.05) is 13.1 Å². The van der Waals surface area contributed by atoms with Crippen molar-refractivity contribution in [1.82, 2.24) is 15.6 Å². The number of guanidine groups is 1. The van der Waals surface area contributed by atoms with Gasteiger partial charge in [0.25, 0.3) is 0 Å². The van der Waals surface area contributed by atoms with E-state index in [4.69, 9.17) is 0 Å². The number of halogens is 1. The largest absolute Gasteiger partial charge is 0.388 e. The van der Waals surface area contributed by atoms with Gasteiger partial charge in [-0.1, -0.05) is 26.2 Å². The molecule has 132 valence electrons. The van der Waals surface area contributed by atoms with Crippen LogP contribution in [-0.2, 0) is 13.0 Å². The molecule has 23 heavy (non-hydrogen) atoms. The molecule has 0 saturated heterocycles. The molecule has 3 N–H and O–H groups in total. The van der Waals surface area contributed by atoms with Gasteiger partial charge in [-0.05, 0) is 26.2 Å². The monoisotopic (exact) mass is 452 g/mol. The van der Waals surface area contributed by atoms with Crippen LogP contribution in [-0.4, -0.2) is 34.7 Å². The van der Waals surface area contributed by atoms with Gasteiger partial charge in [0.1, 0.15) is 5.01 Å². The van der Waals surface area contributed by atoms with Gasteiger partial charge >= 0.3 is 0 Å². The second kappa shape index (κ2) is 10.5. The van der Waals surface area contributed by atoms with Gasteiger partial charge in [-0.2, -0.15) is 0 Å². The van der Waals surface area contributed by atoms with Gasteiger partial charge in [-0.25, -0.2) is 9.98 Å². The minimum atomic E-state index is -0.578. The molecule has 0 radical (unpaired) electrons. The first-order valence-electron chi connectivity index (χ1n) is 8.33. The summed E-state index contributed by atoms with van der Waals surface area (Å²) in [5, 5.41) is 18.1. The lowest BCUT2D eigenvalue weighted by molar-refractivity contribution is 0.00859. The van der Waals surface area contributed by atoms with E-state index in [0.717, 1.165) is 49.6 Å². The highest BCUT2D eigenvalue weighted by molar-refractivity contribution is 14.0. The molecule has 0 atom stereocenters. The number of aliphatic imine (C=N–C) groups is 1. The van der Waals surface area contributed by atoms with E-state index in [1.165, 1.54) is 11.3 Å². The Balaban J connectivity index is 0.00000264. The standard InChI is InChI=1S/C16H28N4OS.HI/c1-3-13-10-18-14(22-13)11-19-15(17-4-2)20-12-16(21)8-6-5-7-9-16;/h10,21H,3-9,11-12H2,1-2H3,(H2,17,19,20);1H. The molecule has 1 heterocycles. The van der Waals surface area contributed by atoms with Crippen molar-refractivity contribution in [3.63, 3.8) is 0 Å². The molecule has 5 nitrogen and oxygen atoms in total. The predicted molar refractivity (Wildman–Crippen MR) is 108 cm³/mol. The molecule has 2 rings (SSSR count). The van der Waals surface area contributed by atoms with Crippen molar-refractivity contribution < 1.29 is 5.11 Å². The third-order valence-corrected chi connectivity index (χ3v) is 5.16. The second-order valence-electron chi connectivity index (χ2n) is 5.91.